The molecule has 0 saturated carbocycles. The Labute approximate surface area is 165 Å². The van der Waals surface area contributed by atoms with Gasteiger partial charge in [-0.15, -0.1) is 0 Å². The monoisotopic (exact) mass is 376 g/mol. The van der Waals surface area contributed by atoms with Crippen molar-refractivity contribution in [2.24, 2.45) is 5.92 Å². The highest BCUT2D eigenvalue weighted by atomic mass is 19.1. The van der Waals surface area contributed by atoms with Gasteiger partial charge >= 0.3 is 0 Å². The maximum Gasteiger partial charge on any atom is 0.223 e. The first-order chi connectivity index (χ1) is 13.7. The Morgan fingerprint density at radius 3 is 2.46 bits per heavy atom. The van der Waals surface area contributed by atoms with E-state index in [0.717, 1.165) is 43.6 Å². The lowest BCUT2D eigenvalue weighted by atomic mass is 9.95. The van der Waals surface area contributed by atoms with E-state index in [1.807, 2.05) is 30.3 Å². The maximum absolute atomic E-state index is 13.0. The average molecular weight is 376 g/mol. The Hall–Kier alpha value is -2.72. The lowest BCUT2D eigenvalue weighted by Gasteiger charge is -2.31. The fraction of sp³-hybridized carbons (Fsp3) is 0.292. The minimum Gasteiger partial charge on any atom is -0.352 e. The molecule has 0 spiro atoms. The van der Waals surface area contributed by atoms with Crippen LogP contribution < -0.4 is 5.32 Å². The van der Waals surface area contributed by atoms with Gasteiger partial charge in [-0.2, -0.15) is 0 Å². The van der Waals surface area contributed by atoms with E-state index >= 15 is 0 Å². The van der Waals surface area contributed by atoms with E-state index in [-0.39, 0.29) is 17.6 Å². The van der Waals surface area contributed by atoms with Gasteiger partial charge in [0, 0.05) is 19.0 Å². The number of hydrogen-bond donors (Lipinski definition) is 1. The van der Waals surface area contributed by atoms with Crippen molar-refractivity contribution in [1.29, 1.82) is 0 Å². The molecular formula is C24H25FN2O. The van der Waals surface area contributed by atoms with Crippen molar-refractivity contribution >= 4 is 16.7 Å². The van der Waals surface area contributed by atoms with E-state index in [9.17, 15) is 9.18 Å². The predicted molar refractivity (Wildman–Crippen MR) is 110 cm³/mol. The molecule has 0 atom stereocenters. The number of hydrogen-bond acceptors (Lipinski definition) is 2. The molecule has 3 nitrogen and oxygen atoms in total. The molecule has 1 heterocycles. The Morgan fingerprint density at radius 2 is 1.68 bits per heavy atom. The Kier molecular flexibility index (Phi) is 5.68. The summed E-state index contributed by atoms with van der Waals surface area (Å²) in [6.45, 7) is 3.16. The number of carbonyl (C=O) groups is 1. The zero-order valence-electron chi connectivity index (χ0n) is 15.9. The summed E-state index contributed by atoms with van der Waals surface area (Å²) in [6, 6.07) is 21.1. The molecular weight excluding hydrogens is 351 g/mol. The molecule has 0 aromatic heterocycles. The highest BCUT2D eigenvalue weighted by molar-refractivity contribution is 5.86. The molecule has 1 fully saturated rings. The number of fused-ring (bicyclic) bond motifs is 1. The first kappa shape index (κ1) is 18.6. The van der Waals surface area contributed by atoms with Gasteiger partial charge < -0.3 is 5.32 Å². The van der Waals surface area contributed by atoms with E-state index < -0.39 is 0 Å². The standard InChI is InChI=1S/C24H25FN2O/c25-22-10-8-18(9-11-22)17-27-14-12-20(13-15-27)24(28)26-16-21-6-3-5-19-4-1-2-7-23(19)21/h1-11,20H,12-17H2,(H,26,28). The summed E-state index contributed by atoms with van der Waals surface area (Å²) in [7, 11) is 0. The highest BCUT2D eigenvalue weighted by Gasteiger charge is 2.24. The molecule has 3 aromatic carbocycles. The van der Waals surface area contributed by atoms with Crippen molar-refractivity contribution in [3.8, 4) is 0 Å². The molecule has 0 unspecified atom stereocenters. The summed E-state index contributed by atoms with van der Waals surface area (Å²) in [5, 5.41) is 5.52. The Morgan fingerprint density at radius 1 is 0.964 bits per heavy atom. The second kappa shape index (κ2) is 8.53. The van der Waals surface area contributed by atoms with Crippen LogP contribution in [0.15, 0.2) is 66.7 Å². The van der Waals surface area contributed by atoms with Crippen LogP contribution in [0.5, 0.6) is 0 Å². The number of amides is 1. The van der Waals surface area contributed by atoms with E-state index in [1.165, 1.54) is 22.9 Å². The molecule has 144 valence electrons. The van der Waals surface area contributed by atoms with Crippen molar-refractivity contribution in [3.05, 3.63) is 83.7 Å². The number of rotatable bonds is 5. The number of carbonyl (C=O) groups excluding carboxylic acids is 1. The molecule has 0 aliphatic carbocycles. The fourth-order valence-electron chi connectivity index (χ4n) is 3.97. The number of nitrogens with one attached hydrogen (secondary N) is 1. The van der Waals surface area contributed by atoms with E-state index in [0.29, 0.717) is 6.54 Å². The topological polar surface area (TPSA) is 32.3 Å². The molecule has 4 rings (SSSR count). The van der Waals surface area contributed by atoms with Crippen molar-refractivity contribution in [2.45, 2.75) is 25.9 Å². The summed E-state index contributed by atoms with van der Waals surface area (Å²) >= 11 is 0. The van der Waals surface area contributed by atoms with Crippen LogP contribution in [0.1, 0.15) is 24.0 Å². The second-order valence-corrected chi connectivity index (χ2v) is 7.53. The Balaban J connectivity index is 1.28. The van der Waals surface area contributed by atoms with Crippen LogP contribution in [0.2, 0.25) is 0 Å². The maximum atomic E-state index is 13.0. The van der Waals surface area contributed by atoms with Gasteiger partial charge in [0.2, 0.25) is 5.91 Å². The van der Waals surface area contributed by atoms with E-state index in [4.69, 9.17) is 0 Å². The third-order valence-corrected chi connectivity index (χ3v) is 5.61. The molecule has 4 heteroatoms. The molecule has 1 saturated heterocycles. The Bertz CT molecular complexity index is 941. The quantitative estimate of drug-likeness (QED) is 0.711. The molecule has 1 N–H and O–H groups in total. The molecule has 1 amide bonds. The van der Waals surface area contributed by atoms with E-state index in [2.05, 4.69) is 34.5 Å². The van der Waals surface area contributed by atoms with Crippen LogP contribution in [0.4, 0.5) is 4.39 Å². The van der Waals surface area contributed by atoms with Crippen LogP contribution >= 0.6 is 0 Å². The molecule has 1 aliphatic rings. The number of benzene rings is 3. The predicted octanol–water partition coefficient (Wildman–Crippen LogP) is 4.51. The van der Waals surface area contributed by atoms with Crippen molar-refractivity contribution in [2.75, 3.05) is 13.1 Å². The SMILES string of the molecule is O=C(NCc1cccc2ccccc12)C1CCN(Cc2ccc(F)cc2)CC1. The first-order valence-electron chi connectivity index (χ1n) is 9.90. The van der Waals surface area contributed by atoms with Gasteiger partial charge in [-0.1, -0.05) is 54.6 Å². The highest BCUT2D eigenvalue weighted by Crippen LogP contribution is 2.21. The van der Waals surface area contributed by atoms with Gasteiger partial charge in [0.25, 0.3) is 0 Å². The van der Waals surface area contributed by atoms with Gasteiger partial charge in [-0.3, -0.25) is 9.69 Å². The molecule has 28 heavy (non-hydrogen) atoms. The van der Waals surface area contributed by atoms with Gasteiger partial charge in [0.15, 0.2) is 0 Å². The number of halogens is 1. The normalized spacial score (nSPS) is 15.6. The molecule has 1 aliphatic heterocycles. The number of nitrogens with zero attached hydrogens (tertiary/aromatic N) is 1. The van der Waals surface area contributed by atoms with Gasteiger partial charge in [-0.05, 0) is 60.0 Å². The van der Waals surface area contributed by atoms with Crippen LogP contribution in [-0.4, -0.2) is 23.9 Å². The van der Waals surface area contributed by atoms with Crippen LogP contribution in [-0.2, 0) is 17.9 Å². The smallest absolute Gasteiger partial charge is 0.223 e. The van der Waals surface area contributed by atoms with Crippen LogP contribution in [0.3, 0.4) is 0 Å². The van der Waals surface area contributed by atoms with Gasteiger partial charge in [0.1, 0.15) is 5.82 Å². The van der Waals surface area contributed by atoms with E-state index in [1.54, 1.807) is 0 Å². The lowest BCUT2D eigenvalue weighted by molar-refractivity contribution is -0.126. The van der Waals surface area contributed by atoms with Crippen LogP contribution in [0.25, 0.3) is 10.8 Å². The summed E-state index contributed by atoms with van der Waals surface area (Å²) in [5.41, 5.74) is 2.26. The summed E-state index contributed by atoms with van der Waals surface area (Å²) < 4.78 is 13.0. The average Bonchev–Trinajstić information content (AvgIpc) is 2.74. The van der Waals surface area contributed by atoms with Crippen molar-refractivity contribution in [3.63, 3.8) is 0 Å². The van der Waals surface area contributed by atoms with Gasteiger partial charge in [0.05, 0.1) is 0 Å². The first-order valence-corrected chi connectivity index (χ1v) is 9.90. The minimum absolute atomic E-state index is 0.0689. The van der Waals surface area contributed by atoms with Crippen molar-refractivity contribution in [1.82, 2.24) is 10.2 Å². The lowest BCUT2D eigenvalue weighted by Crippen LogP contribution is -2.40. The zero-order chi connectivity index (χ0) is 19.3. The minimum atomic E-state index is -0.203. The van der Waals surface area contributed by atoms with Gasteiger partial charge in [-0.25, -0.2) is 4.39 Å². The van der Waals surface area contributed by atoms with Crippen molar-refractivity contribution < 1.29 is 9.18 Å². The summed E-state index contributed by atoms with van der Waals surface area (Å²) in [4.78, 5) is 15.0. The third kappa shape index (κ3) is 4.39. The zero-order valence-corrected chi connectivity index (χ0v) is 15.9. The molecule has 0 radical (unpaired) electrons. The van der Waals surface area contributed by atoms with Crippen LogP contribution in [0, 0.1) is 11.7 Å². The summed E-state index contributed by atoms with van der Waals surface area (Å²) in [5.74, 6) is 0.0131. The fourth-order valence-corrected chi connectivity index (χ4v) is 3.97. The number of likely N-dealkylation sites (tertiary alicyclic amines) is 1. The summed E-state index contributed by atoms with van der Waals surface area (Å²) in [6.07, 6.45) is 1.73. The largest absolute Gasteiger partial charge is 0.352 e. The molecule has 0 bridgehead atoms. The second-order valence-electron chi connectivity index (χ2n) is 7.53. The third-order valence-electron chi connectivity index (χ3n) is 5.61. The molecule has 3 aromatic rings. The number of piperidine rings is 1.